The van der Waals surface area contributed by atoms with E-state index in [0.717, 1.165) is 42.4 Å². The summed E-state index contributed by atoms with van der Waals surface area (Å²) in [4.78, 5) is 21.8. The molecule has 4 nitrogen and oxygen atoms in total. The third-order valence-electron chi connectivity index (χ3n) is 5.31. The average molecular weight is 380 g/mol. The van der Waals surface area contributed by atoms with Gasteiger partial charge in [0.2, 0.25) is 5.91 Å². The summed E-state index contributed by atoms with van der Waals surface area (Å²) >= 11 is 1.77. The summed E-state index contributed by atoms with van der Waals surface area (Å²) in [7, 11) is 0. The maximum Gasteiger partial charge on any atom is 0.227 e. The molecule has 2 heterocycles. The number of thiazole rings is 1. The summed E-state index contributed by atoms with van der Waals surface area (Å²) in [5.41, 5.74) is 5.94. The first-order valence-corrected chi connectivity index (χ1v) is 10.3. The van der Waals surface area contributed by atoms with Crippen LogP contribution in [-0.2, 0) is 11.2 Å². The van der Waals surface area contributed by atoms with Crippen LogP contribution in [0.5, 0.6) is 0 Å². The molecular weight excluding hydrogens is 354 g/mol. The van der Waals surface area contributed by atoms with Gasteiger partial charge in [-0.3, -0.25) is 4.79 Å². The van der Waals surface area contributed by atoms with E-state index in [1.807, 2.05) is 4.90 Å². The number of carbonyl (C=O) groups excluding carboxylic acids is 1. The Balaban J connectivity index is 1.41. The van der Waals surface area contributed by atoms with Crippen molar-refractivity contribution in [1.29, 1.82) is 0 Å². The predicted octanol–water partition coefficient (Wildman–Crippen LogP) is 4.11. The zero-order valence-corrected chi connectivity index (χ0v) is 17.0. The van der Waals surface area contributed by atoms with E-state index in [0.29, 0.717) is 6.42 Å². The second-order valence-electron chi connectivity index (χ2n) is 7.40. The van der Waals surface area contributed by atoms with Gasteiger partial charge in [0.05, 0.1) is 16.6 Å². The number of aromatic nitrogens is 1. The Morgan fingerprint density at radius 2 is 1.63 bits per heavy atom. The highest BCUT2D eigenvalue weighted by Crippen LogP contribution is 2.33. The molecule has 0 atom stereocenters. The van der Waals surface area contributed by atoms with Crippen LogP contribution in [0, 0.1) is 20.8 Å². The molecule has 1 aliphatic heterocycles. The average Bonchev–Trinajstić information content (AvgIpc) is 3.14. The molecule has 4 rings (SSSR count). The number of nitrogens with zero attached hydrogens (tertiary/aromatic N) is 3. The van der Waals surface area contributed by atoms with Crippen molar-refractivity contribution in [2.45, 2.75) is 27.2 Å². The summed E-state index contributed by atoms with van der Waals surface area (Å²) in [5.74, 6) is 0.217. The summed E-state index contributed by atoms with van der Waals surface area (Å²) in [6.45, 7) is 9.54. The molecule has 1 aromatic heterocycles. The van der Waals surface area contributed by atoms with Crippen LogP contribution in [0.3, 0.4) is 0 Å². The van der Waals surface area contributed by atoms with Gasteiger partial charge in [-0.2, -0.15) is 0 Å². The number of rotatable bonds is 3. The van der Waals surface area contributed by atoms with E-state index in [4.69, 9.17) is 4.98 Å². The Morgan fingerprint density at radius 3 is 2.30 bits per heavy atom. The van der Waals surface area contributed by atoms with E-state index in [-0.39, 0.29) is 5.91 Å². The lowest BCUT2D eigenvalue weighted by atomic mass is 10.1. The number of carbonyl (C=O) groups is 1. The zero-order valence-electron chi connectivity index (χ0n) is 16.2. The van der Waals surface area contributed by atoms with Crippen LogP contribution in [0.15, 0.2) is 36.4 Å². The Morgan fingerprint density at radius 1 is 0.963 bits per heavy atom. The lowest BCUT2D eigenvalue weighted by molar-refractivity contribution is -0.130. The molecule has 1 fully saturated rings. The van der Waals surface area contributed by atoms with Crippen molar-refractivity contribution in [1.82, 2.24) is 9.88 Å². The summed E-state index contributed by atoms with van der Waals surface area (Å²) in [6, 6.07) is 12.5. The molecule has 2 aromatic carbocycles. The fourth-order valence-electron chi connectivity index (χ4n) is 3.52. The molecule has 0 unspecified atom stereocenters. The second-order valence-corrected chi connectivity index (χ2v) is 8.38. The van der Waals surface area contributed by atoms with Gasteiger partial charge >= 0.3 is 0 Å². The van der Waals surface area contributed by atoms with Crippen molar-refractivity contribution in [2.24, 2.45) is 0 Å². The van der Waals surface area contributed by atoms with Crippen LogP contribution >= 0.6 is 11.3 Å². The zero-order chi connectivity index (χ0) is 19.0. The third kappa shape index (κ3) is 3.69. The minimum atomic E-state index is 0.217. The molecule has 1 saturated heterocycles. The van der Waals surface area contributed by atoms with Crippen LogP contribution in [0.2, 0.25) is 0 Å². The summed E-state index contributed by atoms with van der Waals surface area (Å²) in [6.07, 6.45) is 0.486. The van der Waals surface area contributed by atoms with Gasteiger partial charge in [-0.1, -0.05) is 53.3 Å². The predicted molar refractivity (Wildman–Crippen MR) is 113 cm³/mol. The normalized spacial score (nSPS) is 14.8. The first-order chi connectivity index (χ1) is 13.0. The molecule has 3 aromatic rings. The molecule has 0 spiro atoms. The number of amides is 1. The SMILES string of the molecule is Cc1ccc(CC(=O)N2CCN(c3nc4c(C)ccc(C)c4s3)CC2)cc1. The number of benzene rings is 2. The van der Waals surface area contributed by atoms with Crippen molar-refractivity contribution >= 4 is 32.6 Å². The first kappa shape index (κ1) is 18.0. The lowest BCUT2D eigenvalue weighted by Crippen LogP contribution is -2.49. The smallest absolute Gasteiger partial charge is 0.227 e. The van der Waals surface area contributed by atoms with Crippen molar-refractivity contribution < 1.29 is 4.79 Å². The van der Waals surface area contributed by atoms with Crippen LogP contribution in [-0.4, -0.2) is 42.0 Å². The van der Waals surface area contributed by atoms with Crippen LogP contribution in [0.1, 0.15) is 22.3 Å². The Labute approximate surface area is 164 Å². The first-order valence-electron chi connectivity index (χ1n) is 9.46. The van der Waals surface area contributed by atoms with Gasteiger partial charge in [0, 0.05) is 26.2 Å². The fraction of sp³-hybridized carbons (Fsp3) is 0.364. The maximum atomic E-state index is 12.6. The molecular formula is C22H25N3OS. The Hall–Kier alpha value is -2.40. The molecule has 0 bridgehead atoms. The number of fused-ring (bicyclic) bond motifs is 1. The highest BCUT2D eigenvalue weighted by molar-refractivity contribution is 7.22. The molecule has 1 aliphatic rings. The van der Waals surface area contributed by atoms with Gasteiger partial charge in [-0.25, -0.2) is 4.98 Å². The fourth-order valence-corrected chi connectivity index (χ4v) is 4.69. The number of hydrogen-bond donors (Lipinski definition) is 0. The lowest BCUT2D eigenvalue weighted by Gasteiger charge is -2.34. The monoisotopic (exact) mass is 379 g/mol. The second kappa shape index (κ2) is 7.31. The molecule has 0 saturated carbocycles. The van der Waals surface area contributed by atoms with Crippen molar-refractivity contribution in [3.8, 4) is 0 Å². The van der Waals surface area contributed by atoms with E-state index < -0.39 is 0 Å². The van der Waals surface area contributed by atoms with E-state index in [1.54, 1.807) is 11.3 Å². The van der Waals surface area contributed by atoms with Gasteiger partial charge in [0.15, 0.2) is 5.13 Å². The highest BCUT2D eigenvalue weighted by Gasteiger charge is 2.23. The minimum Gasteiger partial charge on any atom is -0.345 e. The van der Waals surface area contributed by atoms with Crippen molar-refractivity contribution in [3.63, 3.8) is 0 Å². The van der Waals surface area contributed by atoms with Gasteiger partial charge in [0.1, 0.15) is 0 Å². The largest absolute Gasteiger partial charge is 0.345 e. The number of anilines is 1. The van der Waals surface area contributed by atoms with E-state index in [2.05, 4.69) is 62.1 Å². The third-order valence-corrected chi connectivity index (χ3v) is 6.56. The van der Waals surface area contributed by atoms with Crippen LogP contribution < -0.4 is 4.90 Å². The van der Waals surface area contributed by atoms with E-state index in [9.17, 15) is 4.79 Å². The topological polar surface area (TPSA) is 36.4 Å². The maximum absolute atomic E-state index is 12.6. The standard InChI is InChI=1S/C22H25N3OS/c1-15-4-8-18(9-5-15)14-19(26)24-10-12-25(13-11-24)22-23-20-16(2)6-7-17(3)21(20)27-22/h4-9H,10-14H2,1-3H3. The molecule has 27 heavy (non-hydrogen) atoms. The number of hydrogen-bond acceptors (Lipinski definition) is 4. The van der Waals surface area contributed by atoms with Crippen LogP contribution in [0.25, 0.3) is 10.2 Å². The Bertz CT molecular complexity index is 930. The molecule has 140 valence electrons. The van der Waals surface area contributed by atoms with Crippen molar-refractivity contribution in [2.75, 3.05) is 31.1 Å². The molecule has 0 aliphatic carbocycles. The van der Waals surface area contributed by atoms with Gasteiger partial charge in [-0.15, -0.1) is 0 Å². The molecule has 0 N–H and O–H groups in total. The van der Waals surface area contributed by atoms with Gasteiger partial charge < -0.3 is 9.80 Å². The summed E-state index contributed by atoms with van der Waals surface area (Å²) < 4.78 is 1.28. The molecule has 5 heteroatoms. The van der Waals surface area contributed by atoms with E-state index >= 15 is 0 Å². The Kier molecular flexibility index (Phi) is 4.87. The van der Waals surface area contributed by atoms with Crippen LogP contribution in [0.4, 0.5) is 5.13 Å². The van der Waals surface area contributed by atoms with Gasteiger partial charge in [-0.05, 0) is 37.5 Å². The minimum absolute atomic E-state index is 0.217. The molecule has 1 amide bonds. The number of piperazine rings is 1. The highest BCUT2D eigenvalue weighted by atomic mass is 32.1. The summed E-state index contributed by atoms with van der Waals surface area (Å²) in [5, 5.41) is 1.08. The number of aryl methyl sites for hydroxylation is 3. The molecule has 0 radical (unpaired) electrons. The van der Waals surface area contributed by atoms with Gasteiger partial charge in [0.25, 0.3) is 0 Å². The van der Waals surface area contributed by atoms with Crippen molar-refractivity contribution in [3.05, 3.63) is 58.7 Å². The quantitative estimate of drug-likeness (QED) is 0.687. The van der Waals surface area contributed by atoms with E-state index in [1.165, 1.54) is 21.4 Å².